The van der Waals surface area contributed by atoms with Gasteiger partial charge in [0.15, 0.2) is 0 Å². The number of hydrogen-bond donors (Lipinski definition) is 1. The van der Waals surface area contributed by atoms with E-state index in [0.29, 0.717) is 23.2 Å². The largest absolute Gasteiger partial charge is 0.386 e. The molecule has 1 heteroatoms. The molecule has 3 rings (SSSR count). The van der Waals surface area contributed by atoms with Crippen LogP contribution in [0.15, 0.2) is 59.3 Å². The van der Waals surface area contributed by atoms with Crippen LogP contribution in [-0.4, -0.2) is 10.7 Å². The smallest absolute Gasteiger partial charge is 0.0822 e. The maximum absolute atomic E-state index is 10.6. The molecule has 0 aromatic heterocycles. The summed E-state index contributed by atoms with van der Waals surface area (Å²) in [4.78, 5) is 0. The molecule has 3 aliphatic rings. The zero-order valence-electron chi connectivity index (χ0n) is 21.7. The molecule has 0 aromatic carbocycles. The minimum atomic E-state index is -0.636. The number of rotatable bonds is 7. The molecule has 178 valence electrons. The van der Waals surface area contributed by atoms with Crippen LogP contribution >= 0.6 is 0 Å². The Bertz CT molecular complexity index is 802. The van der Waals surface area contributed by atoms with E-state index in [-0.39, 0.29) is 0 Å². The second-order valence-corrected chi connectivity index (χ2v) is 11.5. The molecule has 0 radical (unpaired) electrons. The van der Waals surface area contributed by atoms with Crippen LogP contribution < -0.4 is 0 Å². The molecule has 2 saturated carbocycles. The van der Waals surface area contributed by atoms with Gasteiger partial charge in [-0.25, -0.2) is 0 Å². The van der Waals surface area contributed by atoms with Gasteiger partial charge < -0.3 is 5.11 Å². The first-order valence-electron chi connectivity index (χ1n) is 13.3. The monoisotopic (exact) mass is 436 g/mol. The maximum atomic E-state index is 10.6. The van der Waals surface area contributed by atoms with Crippen molar-refractivity contribution in [2.24, 2.45) is 29.1 Å². The van der Waals surface area contributed by atoms with Crippen LogP contribution in [0.5, 0.6) is 0 Å². The van der Waals surface area contributed by atoms with E-state index in [4.69, 9.17) is 0 Å². The molecule has 1 nitrogen and oxygen atoms in total. The van der Waals surface area contributed by atoms with E-state index in [1.165, 1.54) is 49.7 Å². The third-order valence-corrected chi connectivity index (χ3v) is 9.11. The van der Waals surface area contributed by atoms with Crippen molar-refractivity contribution < 1.29 is 5.11 Å². The van der Waals surface area contributed by atoms with E-state index >= 15 is 0 Å². The van der Waals surface area contributed by atoms with Crippen LogP contribution in [0.1, 0.15) is 99.3 Å². The van der Waals surface area contributed by atoms with Gasteiger partial charge in [-0.05, 0) is 98.0 Å². The summed E-state index contributed by atoms with van der Waals surface area (Å²) in [5.74, 6) is 2.58. The molecule has 0 spiro atoms. The molecule has 0 heterocycles. The Balaban J connectivity index is 1.73. The quantitative estimate of drug-likeness (QED) is 0.395. The highest BCUT2D eigenvalue weighted by atomic mass is 16.3. The zero-order chi connectivity index (χ0) is 23.5. The Kier molecular flexibility index (Phi) is 8.13. The first kappa shape index (κ1) is 25.3. The zero-order valence-corrected chi connectivity index (χ0v) is 21.7. The summed E-state index contributed by atoms with van der Waals surface area (Å²) in [5, 5.41) is 10.6. The number of allylic oxidation sites excluding steroid dienone is 8. The van der Waals surface area contributed by atoms with Gasteiger partial charge >= 0.3 is 0 Å². The number of aliphatic hydroxyl groups is 1. The summed E-state index contributed by atoms with van der Waals surface area (Å²) in [6.45, 7) is 18.2. The Hall–Kier alpha value is -1.34. The minimum absolute atomic E-state index is 0.297. The van der Waals surface area contributed by atoms with Crippen LogP contribution in [0, 0.1) is 29.1 Å². The Morgan fingerprint density at radius 1 is 1.25 bits per heavy atom. The van der Waals surface area contributed by atoms with Gasteiger partial charge in [-0.3, -0.25) is 0 Å². The SMILES string of the molecule is C=C1/C(=C/C=C2/CCCC3(C)C(C(C)C/C=C/C(O)(CC)CC)=CCC23)CC(C)CC1C. The van der Waals surface area contributed by atoms with Gasteiger partial charge in [0.1, 0.15) is 0 Å². The van der Waals surface area contributed by atoms with Gasteiger partial charge in [0, 0.05) is 0 Å². The van der Waals surface area contributed by atoms with Crippen molar-refractivity contribution in [2.45, 2.75) is 105 Å². The number of hydrogen-bond acceptors (Lipinski definition) is 1. The third kappa shape index (κ3) is 5.24. The molecule has 32 heavy (non-hydrogen) atoms. The van der Waals surface area contributed by atoms with E-state index in [1.54, 1.807) is 11.1 Å². The molecule has 1 N–H and O–H groups in total. The average Bonchev–Trinajstić information content (AvgIpc) is 3.12. The van der Waals surface area contributed by atoms with Gasteiger partial charge in [-0.2, -0.15) is 0 Å². The van der Waals surface area contributed by atoms with Crippen LogP contribution in [0.2, 0.25) is 0 Å². The van der Waals surface area contributed by atoms with Gasteiger partial charge in [-0.15, -0.1) is 0 Å². The van der Waals surface area contributed by atoms with Crippen LogP contribution in [-0.2, 0) is 0 Å². The topological polar surface area (TPSA) is 20.2 Å². The molecule has 2 fully saturated rings. The molecule has 0 aromatic rings. The predicted octanol–water partition coefficient (Wildman–Crippen LogP) is 8.73. The fourth-order valence-corrected chi connectivity index (χ4v) is 6.75. The fraction of sp³-hybridized carbons (Fsp3) is 0.677. The molecule has 5 atom stereocenters. The van der Waals surface area contributed by atoms with Crippen molar-refractivity contribution >= 4 is 0 Å². The summed E-state index contributed by atoms with van der Waals surface area (Å²) in [5.41, 5.74) is 5.83. The molecule has 0 amide bonds. The average molecular weight is 437 g/mol. The molecule has 0 saturated heterocycles. The van der Waals surface area contributed by atoms with E-state index in [9.17, 15) is 5.11 Å². The highest BCUT2D eigenvalue weighted by Crippen LogP contribution is 2.57. The summed E-state index contributed by atoms with van der Waals surface area (Å²) in [6, 6.07) is 0. The normalized spacial score (nSPS) is 34.9. The van der Waals surface area contributed by atoms with Crippen molar-refractivity contribution in [1.82, 2.24) is 0 Å². The first-order chi connectivity index (χ1) is 15.1. The maximum Gasteiger partial charge on any atom is 0.0822 e. The van der Waals surface area contributed by atoms with Crippen molar-refractivity contribution in [3.05, 3.63) is 59.3 Å². The van der Waals surface area contributed by atoms with Gasteiger partial charge in [0.05, 0.1) is 5.60 Å². The van der Waals surface area contributed by atoms with E-state index in [2.05, 4.69) is 78.5 Å². The van der Waals surface area contributed by atoms with Crippen molar-refractivity contribution in [1.29, 1.82) is 0 Å². The lowest BCUT2D eigenvalue weighted by Crippen LogP contribution is -2.32. The summed E-state index contributed by atoms with van der Waals surface area (Å²) in [7, 11) is 0. The van der Waals surface area contributed by atoms with Crippen LogP contribution in [0.4, 0.5) is 0 Å². The summed E-state index contributed by atoms with van der Waals surface area (Å²) >= 11 is 0. The molecule has 3 aliphatic carbocycles. The Morgan fingerprint density at radius 3 is 2.66 bits per heavy atom. The van der Waals surface area contributed by atoms with E-state index < -0.39 is 5.60 Å². The summed E-state index contributed by atoms with van der Waals surface area (Å²) in [6.07, 6.45) is 21.8. The first-order valence-corrected chi connectivity index (χ1v) is 13.3. The Labute approximate surface area is 198 Å². The van der Waals surface area contributed by atoms with Crippen molar-refractivity contribution in [2.75, 3.05) is 0 Å². The number of fused-ring (bicyclic) bond motifs is 1. The molecule has 5 unspecified atom stereocenters. The van der Waals surface area contributed by atoms with E-state index in [0.717, 1.165) is 25.2 Å². The fourth-order valence-electron chi connectivity index (χ4n) is 6.75. The highest BCUT2D eigenvalue weighted by molar-refractivity contribution is 5.39. The van der Waals surface area contributed by atoms with E-state index in [1.807, 2.05) is 0 Å². The van der Waals surface area contributed by atoms with Gasteiger partial charge in [-0.1, -0.05) is 89.6 Å². The second kappa shape index (κ2) is 10.3. The summed E-state index contributed by atoms with van der Waals surface area (Å²) < 4.78 is 0. The third-order valence-electron chi connectivity index (χ3n) is 9.11. The lowest BCUT2D eigenvalue weighted by molar-refractivity contribution is 0.0824. The lowest BCUT2D eigenvalue weighted by atomic mass is 9.62. The molecular formula is C31H48O. The predicted molar refractivity (Wildman–Crippen MR) is 139 cm³/mol. The van der Waals surface area contributed by atoms with Crippen molar-refractivity contribution in [3.8, 4) is 0 Å². The lowest BCUT2D eigenvalue weighted by Gasteiger charge is -2.42. The molecular weight excluding hydrogens is 388 g/mol. The molecule has 0 bridgehead atoms. The van der Waals surface area contributed by atoms with Crippen molar-refractivity contribution in [3.63, 3.8) is 0 Å². The van der Waals surface area contributed by atoms with Gasteiger partial charge in [0.25, 0.3) is 0 Å². The van der Waals surface area contributed by atoms with Crippen LogP contribution in [0.25, 0.3) is 0 Å². The van der Waals surface area contributed by atoms with Crippen LogP contribution in [0.3, 0.4) is 0 Å². The highest BCUT2D eigenvalue weighted by Gasteiger charge is 2.45. The molecule has 0 aliphatic heterocycles. The Morgan fingerprint density at radius 2 is 1.97 bits per heavy atom. The standard InChI is InChI=1S/C31H48O/c1-8-31(32,9-2)19-10-12-23(4)28-16-17-29-26(13-11-18-30(28,29)7)14-15-27-21-22(3)20-24(5)25(27)6/h10,14-16,19,22-24,29,32H,6,8-9,11-13,17-18,20-21H2,1-5,7H3/b19-10+,26-14-,27-15+. The second-order valence-electron chi connectivity index (χ2n) is 11.5. The minimum Gasteiger partial charge on any atom is -0.386 e. The van der Waals surface area contributed by atoms with Gasteiger partial charge in [0.2, 0.25) is 0 Å².